The Kier molecular flexibility index (Phi) is 7.07. The van der Waals surface area contributed by atoms with Crippen LogP contribution < -0.4 is 10.3 Å². The number of rotatable bonds is 7. The van der Waals surface area contributed by atoms with E-state index in [-0.39, 0.29) is 45.8 Å². The lowest BCUT2D eigenvalue weighted by Gasteiger charge is -2.22. The number of carbonyl (C=O) groups is 1. The highest BCUT2D eigenvalue weighted by Crippen LogP contribution is 2.36. The van der Waals surface area contributed by atoms with Crippen LogP contribution in [-0.2, 0) is 0 Å². The van der Waals surface area contributed by atoms with Crippen molar-refractivity contribution in [1.29, 1.82) is 0 Å². The molecule has 0 saturated carbocycles. The lowest BCUT2D eigenvalue weighted by molar-refractivity contribution is -0.274. The standard InChI is InChI=1S/C21H18BrF3N4O3/c1-11(2)13(12-4-5-17(14(22)8-12)32-21(23,24)25)9-16(30)15-10-18(31)29-20(28-15)19-26-6-3-7-27-19/h3-8,10-11,13H,9H2,1-2H3,(H,28,29,31)/t13-/m1/s1. The largest absolute Gasteiger partial charge is 0.573 e. The first kappa shape index (κ1) is 23.6. The third-order valence-corrected chi connectivity index (χ3v) is 5.24. The van der Waals surface area contributed by atoms with Crippen molar-refractivity contribution in [2.75, 3.05) is 0 Å². The van der Waals surface area contributed by atoms with Crippen molar-refractivity contribution < 1.29 is 22.7 Å². The fourth-order valence-corrected chi connectivity index (χ4v) is 3.60. The van der Waals surface area contributed by atoms with Gasteiger partial charge in [-0.1, -0.05) is 19.9 Å². The predicted molar refractivity (Wildman–Crippen MR) is 113 cm³/mol. The topological polar surface area (TPSA) is 97.8 Å². The van der Waals surface area contributed by atoms with Gasteiger partial charge in [0.15, 0.2) is 17.4 Å². The summed E-state index contributed by atoms with van der Waals surface area (Å²) in [5.74, 6) is -0.893. The predicted octanol–water partition coefficient (Wildman–Crippen LogP) is 4.90. The van der Waals surface area contributed by atoms with Crippen molar-refractivity contribution in [2.24, 2.45) is 5.92 Å². The van der Waals surface area contributed by atoms with Crippen LogP contribution in [0.4, 0.5) is 13.2 Å². The zero-order valence-electron chi connectivity index (χ0n) is 17.0. The highest BCUT2D eigenvalue weighted by molar-refractivity contribution is 9.10. The van der Waals surface area contributed by atoms with Crippen LogP contribution in [0.3, 0.4) is 0 Å². The van der Waals surface area contributed by atoms with E-state index in [1.807, 2.05) is 13.8 Å². The Morgan fingerprint density at radius 1 is 1.19 bits per heavy atom. The minimum atomic E-state index is -4.82. The molecule has 1 atom stereocenters. The highest BCUT2D eigenvalue weighted by Gasteiger charge is 2.32. The van der Waals surface area contributed by atoms with E-state index in [0.29, 0.717) is 5.56 Å². The Hall–Kier alpha value is -3.08. The molecule has 168 valence electrons. The molecule has 0 fully saturated rings. The average Bonchev–Trinajstić information content (AvgIpc) is 2.72. The maximum Gasteiger partial charge on any atom is 0.573 e. The van der Waals surface area contributed by atoms with Crippen LogP contribution in [0.25, 0.3) is 11.6 Å². The number of H-pyrrole nitrogens is 1. The average molecular weight is 511 g/mol. The first-order chi connectivity index (χ1) is 15.0. The number of nitrogens with zero attached hydrogens (tertiary/aromatic N) is 3. The van der Waals surface area contributed by atoms with E-state index in [1.54, 1.807) is 6.07 Å². The second-order valence-electron chi connectivity index (χ2n) is 7.27. The highest BCUT2D eigenvalue weighted by atomic mass is 79.9. The summed E-state index contributed by atoms with van der Waals surface area (Å²) >= 11 is 3.09. The zero-order valence-corrected chi connectivity index (χ0v) is 18.6. The molecule has 0 aliphatic rings. The molecule has 1 aromatic carbocycles. The lowest BCUT2D eigenvalue weighted by Crippen LogP contribution is -2.19. The third-order valence-electron chi connectivity index (χ3n) is 4.62. The molecule has 7 nitrogen and oxygen atoms in total. The number of hydrogen-bond donors (Lipinski definition) is 1. The molecular formula is C21H18BrF3N4O3. The molecule has 0 radical (unpaired) electrons. The first-order valence-electron chi connectivity index (χ1n) is 9.50. The van der Waals surface area contributed by atoms with Gasteiger partial charge in [-0.05, 0) is 51.5 Å². The molecule has 0 aliphatic carbocycles. The number of halogens is 4. The molecule has 32 heavy (non-hydrogen) atoms. The van der Waals surface area contributed by atoms with Crippen molar-refractivity contribution >= 4 is 21.7 Å². The molecule has 0 unspecified atom stereocenters. The Balaban J connectivity index is 1.87. The number of alkyl halides is 3. The van der Waals surface area contributed by atoms with Crippen LogP contribution in [0.1, 0.15) is 42.2 Å². The molecule has 0 bridgehead atoms. The van der Waals surface area contributed by atoms with E-state index in [2.05, 4.69) is 40.6 Å². The molecule has 0 spiro atoms. The van der Waals surface area contributed by atoms with Gasteiger partial charge in [-0.2, -0.15) is 0 Å². The van der Waals surface area contributed by atoms with Crippen LogP contribution in [0.5, 0.6) is 5.75 Å². The lowest BCUT2D eigenvalue weighted by atomic mass is 9.84. The molecule has 1 N–H and O–H groups in total. The fraction of sp³-hybridized carbons (Fsp3) is 0.286. The van der Waals surface area contributed by atoms with Crippen LogP contribution in [-0.4, -0.2) is 32.1 Å². The maximum atomic E-state index is 13.0. The van der Waals surface area contributed by atoms with Crippen molar-refractivity contribution in [2.45, 2.75) is 32.5 Å². The Morgan fingerprint density at radius 3 is 2.47 bits per heavy atom. The normalized spacial score (nSPS) is 12.6. The number of ketones is 1. The van der Waals surface area contributed by atoms with Crippen LogP contribution in [0.15, 0.2) is 52.0 Å². The molecule has 2 heterocycles. The quantitative estimate of drug-likeness (QED) is 0.454. The van der Waals surface area contributed by atoms with Crippen LogP contribution in [0, 0.1) is 5.92 Å². The van der Waals surface area contributed by atoms with E-state index in [4.69, 9.17) is 0 Å². The second kappa shape index (κ2) is 9.60. The number of aromatic amines is 1. The van der Waals surface area contributed by atoms with E-state index >= 15 is 0 Å². The number of nitrogens with one attached hydrogen (secondary N) is 1. The summed E-state index contributed by atoms with van der Waals surface area (Å²) in [6.07, 6.45) is -1.86. The van der Waals surface area contributed by atoms with Crippen molar-refractivity contribution in [3.8, 4) is 17.4 Å². The Bertz CT molecular complexity index is 1170. The summed E-state index contributed by atoms with van der Waals surface area (Å²) < 4.78 is 41.7. The van der Waals surface area contributed by atoms with E-state index in [0.717, 1.165) is 6.07 Å². The molecule has 11 heteroatoms. The minimum Gasteiger partial charge on any atom is -0.405 e. The number of carbonyl (C=O) groups excluding carboxylic acids is 1. The van der Waals surface area contributed by atoms with Crippen molar-refractivity contribution in [3.63, 3.8) is 0 Å². The zero-order chi connectivity index (χ0) is 23.5. The summed E-state index contributed by atoms with van der Waals surface area (Å²) in [6.45, 7) is 3.78. The minimum absolute atomic E-state index is 0.00484. The van der Waals surface area contributed by atoms with Gasteiger partial charge in [0, 0.05) is 24.9 Å². The van der Waals surface area contributed by atoms with Gasteiger partial charge < -0.3 is 9.72 Å². The Labute approximate surface area is 189 Å². The van der Waals surface area contributed by atoms with Crippen molar-refractivity contribution in [3.05, 3.63) is 68.8 Å². The van der Waals surface area contributed by atoms with Gasteiger partial charge in [0.1, 0.15) is 11.4 Å². The molecule has 2 aromatic heterocycles. The molecule has 3 aromatic rings. The first-order valence-corrected chi connectivity index (χ1v) is 10.3. The van der Waals surface area contributed by atoms with Gasteiger partial charge >= 0.3 is 6.36 Å². The maximum absolute atomic E-state index is 13.0. The van der Waals surface area contributed by atoms with E-state index in [9.17, 15) is 22.8 Å². The molecule has 0 aliphatic heterocycles. The van der Waals surface area contributed by atoms with Gasteiger partial charge in [-0.3, -0.25) is 9.59 Å². The van der Waals surface area contributed by atoms with E-state index in [1.165, 1.54) is 30.6 Å². The van der Waals surface area contributed by atoms with Crippen LogP contribution in [0.2, 0.25) is 0 Å². The summed E-state index contributed by atoms with van der Waals surface area (Å²) in [7, 11) is 0. The fourth-order valence-electron chi connectivity index (χ4n) is 3.13. The number of hydrogen-bond acceptors (Lipinski definition) is 6. The Morgan fingerprint density at radius 2 is 1.88 bits per heavy atom. The van der Waals surface area contributed by atoms with Gasteiger partial charge in [-0.15, -0.1) is 13.2 Å². The molecular weight excluding hydrogens is 493 g/mol. The summed E-state index contributed by atoms with van der Waals surface area (Å²) in [6, 6.07) is 6.88. The molecule has 0 amide bonds. The van der Waals surface area contributed by atoms with Gasteiger partial charge in [0.25, 0.3) is 5.56 Å². The van der Waals surface area contributed by atoms with E-state index < -0.39 is 17.7 Å². The van der Waals surface area contributed by atoms with Gasteiger partial charge in [0.2, 0.25) is 0 Å². The van der Waals surface area contributed by atoms with Gasteiger partial charge in [0.05, 0.1) is 4.47 Å². The second-order valence-corrected chi connectivity index (χ2v) is 8.12. The van der Waals surface area contributed by atoms with Gasteiger partial charge in [-0.25, -0.2) is 15.0 Å². The van der Waals surface area contributed by atoms with Crippen LogP contribution >= 0.6 is 15.9 Å². The number of ether oxygens (including phenoxy) is 1. The van der Waals surface area contributed by atoms with Crippen molar-refractivity contribution in [1.82, 2.24) is 19.9 Å². The summed E-state index contributed by atoms with van der Waals surface area (Å²) in [5, 5.41) is 0. The SMILES string of the molecule is CC(C)[C@@H](CC(=O)c1cc(=O)[nH]c(-c2ncccn2)n1)c1ccc(OC(F)(F)F)c(Br)c1. The summed E-state index contributed by atoms with van der Waals surface area (Å²) in [4.78, 5) is 39.8. The molecule has 0 saturated heterocycles. The third kappa shape index (κ3) is 6.00. The number of aromatic nitrogens is 4. The number of Topliss-reactive ketones (excluding diaryl/α,β-unsaturated/α-hetero) is 1. The molecule has 3 rings (SSSR count). The monoisotopic (exact) mass is 510 g/mol. The number of benzene rings is 1. The smallest absolute Gasteiger partial charge is 0.405 e. The summed E-state index contributed by atoms with van der Waals surface area (Å²) in [5.41, 5.74) is 0.0763.